The summed E-state index contributed by atoms with van der Waals surface area (Å²) in [5.74, 6) is -0.225. The van der Waals surface area contributed by atoms with Crippen LogP contribution in [0.15, 0.2) is 18.2 Å². The molecule has 0 spiro atoms. The first kappa shape index (κ1) is 11.6. The van der Waals surface area contributed by atoms with E-state index in [2.05, 4.69) is 13.8 Å². The molecule has 0 aliphatic carbocycles. The maximum Gasteiger partial charge on any atom is 0.494 e. The molecule has 16 heavy (non-hydrogen) atoms. The van der Waals surface area contributed by atoms with Crippen molar-refractivity contribution in [3.05, 3.63) is 29.6 Å². The van der Waals surface area contributed by atoms with Crippen LogP contribution in [0.1, 0.15) is 19.4 Å². The van der Waals surface area contributed by atoms with Crippen LogP contribution in [-0.2, 0) is 9.31 Å². The molecule has 0 radical (unpaired) electrons. The average molecular weight is 222 g/mol. The van der Waals surface area contributed by atoms with E-state index in [0.29, 0.717) is 13.2 Å². The Kier molecular flexibility index (Phi) is 3.04. The molecule has 1 aliphatic heterocycles. The zero-order valence-corrected chi connectivity index (χ0v) is 9.92. The lowest BCUT2D eigenvalue weighted by molar-refractivity contribution is 0.0342. The Balaban J connectivity index is 2.14. The van der Waals surface area contributed by atoms with E-state index in [9.17, 15) is 4.39 Å². The first-order valence-corrected chi connectivity index (χ1v) is 5.47. The third-order valence-corrected chi connectivity index (χ3v) is 2.74. The predicted octanol–water partition coefficient (Wildman–Crippen LogP) is 1.90. The molecule has 0 saturated carbocycles. The fraction of sp³-hybridized carbons (Fsp3) is 0.500. The van der Waals surface area contributed by atoms with E-state index in [1.807, 2.05) is 6.92 Å². The number of halogens is 1. The second kappa shape index (κ2) is 4.19. The van der Waals surface area contributed by atoms with Gasteiger partial charge in [-0.1, -0.05) is 19.9 Å². The van der Waals surface area contributed by atoms with Crippen molar-refractivity contribution in [2.45, 2.75) is 20.8 Å². The molecule has 1 heterocycles. The molecule has 0 atom stereocenters. The van der Waals surface area contributed by atoms with Crippen LogP contribution in [0, 0.1) is 18.2 Å². The van der Waals surface area contributed by atoms with Crippen LogP contribution < -0.4 is 5.46 Å². The number of aryl methyl sites for hydroxylation is 1. The van der Waals surface area contributed by atoms with Crippen molar-refractivity contribution in [2.24, 2.45) is 5.41 Å². The number of hydrogen-bond acceptors (Lipinski definition) is 2. The minimum Gasteiger partial charge on any atom is -0.407 e. The van der Waals surface area contributed by atoms with E-state index in [1.54, 1.807) is 6.07 Å². The van der Waals surface area contributed by atoms with Crippen molar-refractivity contribution < 1.29 is 13.7 Å². The van der Waals surface area contributed by atoms with Crippen molar-refractivity contribution in [3.63, 3.8) is 0 Å². The number of rotatable bonds is 1. The highest BCUT2D eigenvalue weighted by atomic mass is 19.1. The van der Waals surface area contributed by atoms with Crippen molar-refractivity contribution in [2.75, 3.05) is 13.2 Å². The normalized spacial score (nSPS) is 19.9. The van der Waals surface area contributed by atoms with E-state index in [0.717, 1.165) is 11.0 Å². The van der Waals surface area contributed by atoms with E-state index >= 15 is 0 Å². The first-order valence-electron chi connectivity index (χ1n) is 5.47. The van der Waals surface area contributed by atoms with E-state index in [1.165, 1.54) is 12.1 Å². The van der Waals surface area contributed by atoms with Gasteiger partial charge in [-0.05, 0) is 30.1 Å². The molecule has 1 aromatic rings. The number of benzene rings is 1. The third-order valence-electron chi connectivity index (χ3n) is 2.74. The maximum absolute atomic E-state index is 13.0. The SMILES string of the molecule is Cc1cc(F)ccc1B1OCC(C)(C)CO1. The van der Waals surface area contributed by atoms with Gasteiger partial charge >= 0.3 is 7.12 Å². The lowest BCUT2D eigenvalue weighted by Gasteiger charge is -2.33. The highest BCUT2D eigenvalue weighted by Gasteiger charge is 2.34. The molecule has 1 fully saturated rings. The lowest BCUT2D eigenvalue weighted by atomic mass is 9.73. The summed E-state index contributed by atoms with van der Waals surface area (Å²) in [6.45, 7) is 7.38. The molecule has 0 unspecified atom stereocenters. The molecular formula is C12H16BFO2. The van der Waals surface area contributed by atoms with E-state index in [-0.39, 0.29) is 18.4 Å². The molecule has 2 rings (SSSR count). The van der Waals surface area contributed by atoms with Crippen molar-refractivity contribution in [1.29, 1.82) is 0 Å². The second-order valence-corrected chi connectivity index (χ2v) is 5.12. The van der Waals surface area contributed by atoms with Crippen molar-refractivity contribution >= 4 is 12.6 Å². The Morgan fingerprint density at radius 1 is 1.25 bits per heavy atom. The second-order valence-electron chi connectivity index (χ2n) is 5.12. The molecular weight excluding hydrogens is 206 g/mol. The molecule has 0 N–H and O–H groups in total. The summed E-state index contributed by atoms with van der Waals surface area (Å²) in [6, 6.07) is 4.67. The van der Waals surface area contributed by atoms with Crippen LogP contribution >= 0.6 is 0 Å². The molecule has 0 aromatic heterocycles. The van der Waals surface area contributed by atoms with Gasteiger partial charge in [0, 0.05) is 18.6 Å². The van der Waals surface area contributed by atoms with Gasteiger partial charge in [0.05, 0.1) is 0 Å². The lowest BCUT2D eigenvalue weighted by Crippen LogP contribution is -2.48. The van der Waals surface area contributed by atoms with E-state index in [4.69, 9.17) is 9.31 Å². The van der Waals surface area contributed by atoms with Gasteiger partial charge in [-0.2, -0.15) is 0 Å². The van der Waals surface area contributed by atoms with Gasteiger partial charge in [-0.3, -0.25) is 0 Å². The summed E-state index contributed by atoms with van der Waals surface area (Å²) < 4.78 is 24.3. The molecule has 1 aliphatic rings. The Labute approximate surface area is 95.9 Å². The van der Waals surface area contributed by atoms with Gasteiger partial charge in [0.2, 0.25) is 0 Å². The van der Waals surface area contributed by atoms with Crippen LogP contribution in [0.25, 0.3) is 0 Å². The summed E-state index contributed by atoms with van der Waals surface area (Å²) in [5.41, 5.74) is 1.84. The van der Waals surface area contributed by atoms with Crippen molar-refractivity contribution in [1.82, 2.24) is 0 Å². The number of hydrogen-bond donors (Lipinski definition) is 0. The highest BCUT2D eigenvalue weighted by molar-refractivity contribution is 6.62. The molecule has 0 bridgehead atoms. The molecule has 1 saturated heterocycles. The first-order chi connectivity index (χ1) is 7.48. The zero-order valence-electron chi connectivity index (χ0n) is 9.92. The fourth-order valence-corrected chi connectivity index (χ4v) is 1.78. The molecule has 0 amide bonds. The van der Waals surface area contributed by atoms with Crippen LogP contribution in [0.4, 0.5) is 4.39 Å². The Bertz CT molecular complexity index is 383. The predicted molar refractivity (Wildman–Crippen MR) is 62.2 cm³/mol. The van der Waals surface area contributed by atoms with Crippen LogP contribution in [0.2, 0.25) is 0 Å². The Hall–Kier alpha value is -0.865. The highest BCUT2D eigenvalue weighted by Crippen LogP contribution is 2.21. The van der Waals surface area contributed by atoms with E-state index < -0.39 is 0 Å². The van der Waals surface area contributed by atoms with Gasteiger partial charge in [-0.15, -0.1) is 0 Å². The molecule has 4 heteroatoms. The topological polar surface area (TPSA) is 18.5 Å². The largest absolute Gasteiger partial charge is 0.494 e. The van der Waals surface area contributed by atoms with Gasteiger partial charge in [0.25, 0.3) is 0 Å². The quantitative estimate of drug-likeness (QED) is 0.675. The van der Waals surface area contributed by atoms with Crippen molar-refractivity contribution in [3.8, 4) is 0 Å². The summed E-state index contributed by atoms with van der Waals surface area (Å²) >= 11 is 0. The summed E-state index contributed by atoms with van der Waals surface area (Å²) in [7, 11) is -0.353. The summed E-state index contributed by atoms with van der Waals surface area (Å²) in [5, 5.41) is 0. The minimum absolute atomic E-state index is 0.0600. The molecule has 2 nitrogen and oxygen atoms in total. The van der Waals surface area contributed by atoms with Crippen LogP contribution in [0.3, 0.4) is 0 Å². The Morgan fingerprint density at radius 3 is 2.44 bits per heavy atom. The fourth-order valence-electron chi connectivity index (χ4n) is 1.78. The van der Waals surface area contributed by atoms with Gasteiger partial charge in [0.15, 0.2) is 0 Å². The smallest absolute Gasteiger partial charge is 0.407 e. The monoisotopic (exact) mass is 222 g/mol. The van der Waals surface area contributed by atoms with Gasteiger partial charge in [0.1, 0.15) is 5.82 Å². The summed E-state index contributed by atoms with van der Waals surface area (Å²) in [6.07, 6.45) is 0. The zero-order chi connectivity index (χ0) is 11.8. The standard InChI is InChI=1S/C12H16BFO2/c1-9-6-10(14)4-5-11(9)13-15-7-12(2,3)8-16-13/h4-6H,7-8H2,1-3H3. The maximum atomic E-state index is 13.0. The average Bonchev–Trinajstić information content (AvgIpc) is 2.19. The van der Waals surface area contributed by atoms with Gasteiger partial charge in [-0.25, -0.2) is 4.39 Å². The third kappa shape index (κ3) is 2.44. The summed E-state index contributed by atoms with van der Waals surface area (Å²) in [4.78, 5) is 0. The van der Waals surface area contributed by atoms with Crippen LogP contribution in [0.5, 0.6) is 0 Å². The molecule has 86 valence electrons. The van der Waals surface area contributed by atoms with Crippen LogP contribution in [-0.4, -0.2) is 20.3 Å². The molecule has 1 aromatic carbocycles. The van der Waals surface area contributed by atoms with Gasteiger partial charge < -0.3 is 9.31 Å². The minimum atomic E-state index is -0.353. The Morgan fingerprint density at radius 2 is 1.88 bits per heavy atom.